The number of nitrogens with one attached hydrogen (secondary N) is 2. The van der Waals surface area contributed by atoms with Crippen molar-refractivity contribution in [3.05, 3.63) is 95.6 Å². The SMILES string of the molecule is NC(=O)[C@H](CS)Nc1ccc(NC(=O)C(=O)c2ccccc2)c(C(=O)c2ccccc2)c1. The van der Waals surface area contributed by atoms with E-state index in [9.17, 15) is 19.2 Å². The summed E-state index contributed by atoms with van der Waals surface area (Å²) in [6, 6.07) is 20.4. The van der Waals surface area contributed by atoms with Gasteiger partial charge in [-0.25, -0.2) is 0 Å². The maximum Gasteiger partial charge on any atom is 0.296 e. The van der Waals surface area contributed by atoms with Crippen LogP contribution in [-0.4, -0.2) is 35.2 Å². The number of carbonyl (C=O) groups is 4. The van der Waals surface area contributed by atoms with Crippen LogP contribution in [0, 0.1) is 0 Å². The molecule has 0 saturated heterocycles. The van der Waals surface area contributed by atoms with Gasteiger partial charge in [-0.15, -0.1) is 0 Å². The van der Waals surface area contributed by atoms with Gasteiger partial charge in [0.2, 0.25) is 5.91 Å². The predicted octanol–water partition coefficient (Wildman–Crippen LogP) is 2.93. The molecule has 0 radical (unpaired) electrons. The van der Waals surface area contributed by atoms with E-state index in [-0.39, 0.29) is 28.4 Å². The van der Waals surface area contributed by atoms with E-state index in [0.717, 1.165) is 0 Å². The van der Waals surface area contributed by atoms with Crippen molar-refractivity contribution in [2.24, 2.45) is 5.73 Å². The molecule has 0 aliphatic rings. The lowest BCUT2D eigenvalue weighted by molar-refractivity contribution is -0.118. The summed E-state index contributed by atoms with van der Waals surface area (Å²) < 4.78 is 0. The van der Waals surface area contributed by atoms with Gasteiger partial charge in [-0.1, -0.05) is 60.7 Å². The number of carbonyl (C=O) groups excluding carboxylic acids is 4. The van der Waals surface area contributed by atoms with Gasteiger partial charge >= 0.3 is 0 Å². The number of anilines is 2. The van der Waals surface area contributed by atoms with E-state index >= 15 is 0 Å². The van der Waals surface area contributed by atoms with E-state index in [1.807, 2.05) is 0 Å². The zero-order valence-electron chi connectivity index (χ0n) is 16.9. The highest BCUT2D eigenvalue weighted by atomic mass is 32.1. The lowest BCUT2D eigenvalue weighted by atomic mass is 10.0. The van der Waals surface area contributed by atoms with Gasteiger partial charge in [-0.3, -0.25) is 19.2 Å². The Hall–Kier alpha value is -3.91. The molecule has 0 heterocycles. The summed E-state index contributed by atoms with van der Waals surface area (Å²) in [5.41, 5.74) is 6.75. The molecular formula is C24H21N3O4S. The van der Waals surface area contributed by atoms with Crippen molar-refractivity contribution in [2.75, 3.05) is 16.4 Å². The number of hydrogen-bond acceptors (Lipinski definition) is 6. The van der Waals surface area contributed by atoms with Crippen LogP contribution in [0.4, 0.5) is 11.4 Å². The molecule has 7 nitrogen and oxygen atoms in total. The maximum absolute atomic E-state index is 13.2. The Bertz CT molecular complexity index is 1150. The van der Waals surface area contributed by atoms with Crippen LogP contribution < -0.4 is 16.4 Å². The summed E-state index contributed by atoms with van der Waals surface area (Å²) in [4.78, 5) is 49.7. The zero-order chi connectivity index (χ0) is 23.1. The van der Waals surface area contributed by atoms with Crippen LogP contribution in [-0.2, 0) is 9.59 Å². The number of Topliss-reactive ketones (excluding diaryl/α,β-unsaturated/α-hetero) is 1. The fourth-order valence-corrected chi connectivity index (χ4v) is 3.25. The summed E-state index contributed by atoms with van der Waals surface area (Å²) in [7, 11) is 0. The van der Waals surface area contributed by atoms with E-state index in [1.165, 1.54) is 24.3 Å². The minimum absolute atomic E-state index is 0.151. The fraction of sp³-hybridized carbons (Fsp3) is 0.0833. The molecular weight excluding hydrogens is 426 g/mol. The number of benzene rings is 3. The summed E-state index contributed by atoms with van der Waals surface area (Å²) in [6.45, 7) is 0. The van der Waals surface area contributed by atoms with Crippen LogP contribution in [0.2, 0.25) is 0 Å². The molecule has 1 atom stereocenters. The lowest BCUT2D eigenvalue weighted by Crippen LogP contribution is -2.36. The smallest absolute Gasteiger partial charge is 0.296 e. The van der Waals surface area contributed by atoms with Gasteiger partial charge in [0, 0.05) is 28.1 Å². The minimum atomic E-state index is -0.871. The molecule has 0 spiro atoms. The molecule has 162 valence electrons. The predicted molar refractivity (Wildman–Crippen MR) is 126 cm³/mol. The normalized spacial score (nSPS) is 11.3. The first-order valence-corrected chi connectivity index (χ1v) is 10.3. The molecule has 8 heteroatoms. The molecule has 32 heavy (non-hydrogen) atoms. The van der Waals surface area contributed by atoms with Crippen molar-refractivity contribution in [2.45, 2.75) is 6.04 Å². The topological polar surface area (TPSA) is 118 Å². The van der Waals surface area contributed by atoms with Crippen molar-refractivity contribution in [1.29, 1.82) is 0 Å². The number of amides is 2. The van der Waals surface area contributed by atoms with Crippen LogP contribution in [0.1, 0.15) is 26.3 Å². The number of hydrogen-bond donors (Lipinski definition) is 4. The molecule has 2 amide bonds. The first kappa shape index (κ1) is 22.8. The first-order valence-electron chi connectivity index (χ1n) is 9.72. The third-order valence-corrected chi connectivity index (χ3v) is 5.02. The molecule has 0 bridgehead atoms. The third-order valence-electron chi connectivity index (χ3n) is 4.66. The summed E-state index contributed by atoms with van der Waals surface area (Å²) in [6.07, 6.45) is 0. The second kappa shape index (κ2) is 10.4. The van der Waals surface area contributed by atoms with E-state index in [2.05, 4.69) is 23.3 Å². The van der Waals surface area contributed by atoms with Gasteiger partial charge in [-0.05, 0) is 18.2 Å². The Morgan fingerprint density at radius 3 is 2.00 bits per heavy atom. The minimum Gasteiger partial charge on any atom is -0.373 e. The number of rotatable bonds is 9. The average Bonchev–Trinajstić information content (AvgIpc) is 2.83. The monoisotopic (exact) mass is 447 g/mol. The van der Waals surface area contributed by atoms with Crippen LogP contribution >= 0.6 is 12.6 Å². The Morgan fingerprint density at radius 2 is 1.44 bits per heavy atom. The fourth-order valence-electron chi connectivity index (χ4n) is 2.98. The molecule has 3 rings (SSSR count). The van der Waals surface area contributed by atoms with Gasteiger partial charge in [0.25, 0.3) is 11.7 Å². The van der Waals surface area contributed by atoms with E-state index in [1.54, 1.807) is 54.6 Å². The lowest BCUT2D eigenvalue weighted by Gasteiger charge is -2.17. The van der Waals surface area contributed by atoms with E-state index < -0.39 is 23.6 Å². The standard InChI is InChI=1S/C24H21N3O4S/c25-23(30)20(14-32)26-17-11-12-19(18(13-17)21(28)15-7-3-1-4-8-15)27-24(31)22(29)16-9-5-2-6-10-16/h1-13,20,26,32H,14H2,(H2,25,30)(H,27,31)/t20-/m0/s1. The molecule has 0 saturated carbocycles. The molecule has 3 aromatic rings. The molecule has 3 aromatic carbocycles. The Kier molecular flexibility index (Phi) is 7.41. The second-order valence-electron chi connectivity index (χ2n) is 6.89. The summed E-state index contributed by atoms with van der Waals surface area (Å²) >= 11 is 4.11. The molecule has 0 fully saturated rings. The van der Waals surface area contributed by atoms with E-state index in [4.69, 9.17) is 5.73 Å². The summed E-state index contributed by atoms with van der Waals surface area (Å²) in [5, 5.41) is 5.45. The van der Waals surface area contributed by atoms with E-state index in [0.29, 0.717) is 11.3 Å². The highest BCUT2D eigenvalue weighted by Gasteiger charge is 2.21. The Morgan fingerprint density at radius 1 is 0.844 bits per heavy atom. The van der Waals surface area contributed by atoms with Gasteiger partial charge < -0.3 is 16.4 Å². The van der Waals surface area contributed by atoms with Crippen molar-refractivity contribution in [3.8, 4) is 0 Å². The number of ketones is 2. The van der Waals surface area contributed by atoms with Crippen molar-refractivity contribution < 1.29 is 19.2 Å². The molecule has 0 unspecified atom stereocenters. The molecule has 0 aliphatic carbocycles. The largest absolute Gasteiger partial charge is 0.373 e. The van der Waals surface area contributed by atoms with Gasteiger partial charge in [0.15, 0.2) is 5.78 Å². The molecule has 0 aromatic heterocycles. The highest BCUT2D eigenvalue weighted by Crippen LogP contribution is 2.25. The van der Waals surface area contributed by atoms with Crippen LogP contribution in [0.5, 0.6) is 0 Å². The van der Waals surface area contributed by atoms with Crippen LogP contribution in [0.25, 0.3) is 0 Å². The van der Waals surface area contributed by atoms with Gasteiger partial charge in [-0.2, -0.15) is 12.6 Å². The van der Waals surface area contributed by atoms with Gasteiger partial charge in [0.1, 0.15) is 6.04 Å². The van der Waals surface area contributed by atoms with Gasteiger partial charge in [0.05, 0.1) is 5.69 Å². The maximum atomic E-state index is 13.2. The van der Waals surface area contributed by atoms with Crippen LogP contribution in [0.3, 0.4) is 0 Å². The Labute approximate surface area is 190 Å². The van der Waals surface area contributed by atoms with Crippen molar-refractivity contribution in [3.63, 3.8) is 0 Å². The summed E-state index contributed by atoms with van der Waals surface area (Å²) in [5.74, 6) is -2.40. The molecule has 4 N–H and O–H groups in total. The van der Waals surface area contributed by atoms with Crippen molar-refractivity contribution >= 4 is 47.4 Å². The number of thiol groups is 1. The molecule has 0 aliphatic heterocycles. The highest BCUT2D eigenvalue weighted by molar-refractivity contribution is 7.80. The van der Waals surface area contributed by atoms with Crippen molar-refractivity contribution in [1.82, 2.24) is 0 Å². The average molecular weight is 448 g/mol. The zero-order valence-corrected chi connectivity index (χ0v) is 17.8. The number of nitrogens with two attached hydrogens (primary N) is 1. The third kappa shape index (κ3) is 5.41. The van der Waals surface area contributed by atoms with Crippen LogP contribution in [0.15, 0.2) is 78.9 Å². The Balaban J connectivity index is 1.95. The second-order valence-corrected chi connectivity index (χ2v) is 7.25. The first-order chi connectivity index (χ1) is 15.4. The quantitative estimate of drug-likeness (QED) is 0.229. The number of primary amides is 1.